The number of ketones is 1. The number of nitrogens with zero attached hydrogens (tertiary/aromatic N) is 2. The third kappa shape index (κ3) is 6.17. The Morgan fingerprint density at radius 2 is 1.76 bits per heavy atom. The number of hydrogen-bond donors (Lipinski definition) is 1. The van der Waals surface area contributed by atoms with Crippen molar-refractivity contribution in [1.29, 1.82) is 0 Å². The molecule has 3 aromatic rings. The second-order valence-electron chi connectivity index (χ2n) is 11.3. The van der Waals surface area contributed by atoms with E-state index in [4.69, 9.17) is 5.26 Å². The predicted molar refractivity (Wildman–Crippen MR) is 172 cm³/mol. The molecule has 2 aliphatic rings. The highest BCUT2D eigenvalue weighted by Crippen LogP contribution is 2.76. The maximum absolute atomic E-state index is 14.8. The van der Waals surface area contributed by atoms with Crippen molar-refractivity contribution in [2.75, 3.05) is 23.5 Å². The Hall–Kier alpha value is -3.55. The van der Waals surface area contributed by atoms with Crippen LogP contribution in [0.5, 0.6) is 0 Å². The normalized spacial score (nSPS) is 19.7. The van der Waals surface area contributed by atoms with Gasteiger partial charge in [-0.2, -0.15) is 13.5 Å². The third-order valence-corrected chi connectivity index (χ3v) is 13.2. The Morgan fingerprint density at radius 3 is 2.40 bits per heavy atom. The van der Waals surface area contributed by atoms with Crippen molar-refractivity contribution >= 4 is 49.9 Å². The summed E-state index contributed by atoms with van der Waals surface area (Å²) in [6, 6.07) is 19.2. The summed E-state index contributed by atoms with van der Waals surface area (Å²) in [7, 11) is -3.77. The topological polar surface area (TPSA) is 104 Å². The number of allylic oxidation sites excluding steroid dienone is 2. The average Bonchev–Trinajstić information content (AvgIpc) is 3.39. The van der Waals surface area contributed by atoms with E-state index in [1.165, 1.54) is 24.9 Å². The van der Waals surface area contributed by atoms with Crippen LogP contribution in [-0.2, 0) is 42.1 Å². The van der Waals surface area contributed by atoms with Gasteiger partial charge in [0.25, 0.3) is 0 Å². The third-order valence-electron chi connectivity index (χ3n) is 8.57. The molecule has 236 valence electrons. The number of anilines is 2. The summed E-state index contributed by atoms with van der Waals surface area (Å²) < 4.78 is 45.6. The Labute approximate surface area is 262 Å². The number of benzene rings is 3. The number of carbonyl (C=O) groups is 3. The molecule has 8 nitrogen and oxygen atoms in total. The van der Waals surface area contributed by atoms with Gasteiger partial charge in [0.05, 0.1) is 5.69 Å². The van der Waals surface area contributed by atoms with Crippen LogP contribution in [0.2, 0.25) is 0 Å². The van der Waals surface area contributed by atoms with Gasteiger partial charge in [-0.1, -0.05) is 60.7 Å². The zero-order chi connectivity index (χ0) is 32.5. The van der Waals surface area contributed by atoms with Crippen LogP contribution >= 0.6 is 15.3 Å². The van der Waals surface area contributed by atoms with Crippen molar-refractivity contribution in [3.05, 3.63) is 101 Å². The van der Waals surface area contributed by atoms with Crippen LogP contribution in [0.3, 0.4) is 0 Å². The molecule has 0 saturated heterocycles. The maximum Gasteiger partial charge on any atom is 0.352 e. The lowest BCUT2D eigenvalue weighted by Crippen LogP contribution is -2.50. The molecule has 1 N–H and O–H groups in total. The second kappa shape index (κ2) is 13.1. The van der Waals surface area contributed by atoms with Crippen LogP contribution < -0.4 is 9.80 Å². The van der Waals surface area contributed by atoms with Gasteiger partial charge in [-0.3, -0.25) is 23.8 Å². The van der Waals surface area contributed by atoms with E-state index in [-0.39, 0.29) is 24.0 Å². The minimum absolute atomic E-state index is 0.0734. The van der Waals surface area contributed by atoms with Crippen LogP contribution in [0.25, 0.3) is 5.57 Å². The molecule has 0 aliphatic carbocycles. The molecule has 0 bridgehead atoms. The summed E-state index contributed by atoms with van der Waals surface area (Å²) in [5.41, 5.74) is -0.0993. The van der Waals surface area contributed by atoms with E-state index >= 15 is 0 Å². The fourth-order valence-corrected chi connectivity index (χ4v) is 8.47. The molecule has 2 heterocycles. The zero-order valence-electron chi connectivity index (χ0n) is 25.1. The molecular formula is C33H34F2N2O6P2. The van der Waals surface area contributed by atoms with E-state index < -0.39 is 38.5 Å². The number of halogens is 2. The summed E-state index contributed by atoms with van der Waals surface area (Å²) in [5, 5.41) is 8.87. The standard InChI is InChI=1S/C33H34F2N2O6P2/c1-21(22-14-16-26(17-15-22)33(34,35)45(42,43-41)44-3)18-28(38)19-25-13-12-23-8-7-9-24-20-29(37(30(23)24)31(25)39)32(40)36(2)27-10-5-4-6-11-27/h4-11,14-18,25,29,41,44H,12-13,19-20H2,1-3H3/b21-18+/t25?,29-,45?/m0/s1. The maximum atomic E-state index is 14.8. The molecule has 2 amide bonds. The van der Waals surface area contributed by atoms with Gasteiger partial charge in [-0.25, -0.2) is 5.26 Å². The molecule has 0 fully saturated rings. The van der Waals surface area contributed by atoms with E-state index in [0.29, 0.717) is 36.1 Å². The molecule has 0 aromatic heterocycles. The largest absolute Gasteiger partial charge is 0.352 e. The molecule has 4 atom stereocenters. The number of carbonyl (C=O) groups excluding carboxylic acids is 3. The van der Waals surface area contributed by atoms with E-state index in [1.54, 1.807) is 23.8 Å². The lowest BCUT2D eigenvalue weighted by atomic mass is 9.92. The van der Waals surface area contributed by atoms with E-state index in [1.807, 2.05) is 48.5 Å². The zero-order valence-corrected chi connectivity index (χ0v) is 27.0. The van der Waals surface area contributed by atoms with Crippen LogP contribution in [0.15, 0.2) is 78.9 Å². The summed E-state index contributed by atoms with van der Waals surface area (Å²) in [6.07, 6.45) is 2.72. The molecule has 0 radical (unpaired) electrons. The summed E-state index contributed by atoms with van der Waals surface area (Å²) >= 11 is 0. The molecule has 3 aromatic carbocycles. The molecule has 12 heteroatoms. The van der Waals surface area contributed by atoms with Crippen molar-refractivity contribution in [2.24, 2.45) is 5.92 Å². The van der Waals surface area contributed by atoms with Crippen LogP contribution in [0.1, 0.15) is 42.0 Å². The minimum Gasteiger partial charge on any atom is -0.314 e. The Morgan fingerprint density at radius 1 is 1.09 bits per heavy atom. The van der Waals surface area contributed by atoms with Gasteiger partial charge in [-0.15, -0.1) is 0 Å². The molecular weight excluding hydrogens is 620 g/mol. The lowest BCUT2D eigenvalue weighted by Gasteiger charge is -2.30. The monoisotopic (exact) mass is 654 g/mol. The number of hydrogen-bond acceptors (Lipinski definition) is 6. The van der Waals surface area contributed by atoms with Crippen molar-refractivity contribution in [3.63, 3.8) is 0 Å². The van der Waals surface area contributed by atoms with Gasteiger partial charge >= 0.3 is 12.7 Å². The molecule has 0 saturated carbocycles. The number of amides is 2. The van der Waals surface area contributed by atoms with E-state index in [2.05, 4.69) is 4.67 Å². The predicted octanol–water partition coefficient (Wildman–Crippen LogP) is 7.27. The van der Waals surface area contributed by atoms with Crippen LogP contribution in [0.4, 0.5) is 20.2 Å². The number of para-hydroxylation sites is 2. The molecule has 45 heavy (non-hydrogen) atoms. The first-order valence-corrected chi connectivity index (χ1v) is 18.5. The van der Waals surface area contributed by atoms with Crippen molar-refractivity contribution in [2.45, 2.75) is 44.3 Å². The van der Waals surface area contributed by atoms with Gasteiger partial charge in [0.2, 0.25) is 11.8 Å². The summed E-state index contributed by atoms with van der Waals surface area (Å²) in [6.45, 7) is 2.92. The highest BCUT2D eigenvalue weighted by Gasteiger charge is 2.52. The second-order valence-corrected chi connectivity index (χ2v) is 16.7. The first-order valence-electron chi connectivity index (χ1n) is 14.5. The fraction of sp³-hybridized carbons (Fsp3) is 0.303. The Kier molecular flexibility index (Phi) is 9.52. The number of aryl methyl sites for hydroxylation is 1. The van der Waals surface area contributed by atoms with Gasteiger partial charge in [0.15, 0.2) is 5.78 Å². The van der Waals surface area contributed by atoms with Gasteiger partial charge < -0.3 is 4.90 Å². The number of alkyl halides is 2. The summed E-state index contributed by atoms with van der Waals surface area (Å²) in [4.78, 5) is 44.2. The Balaban J connectivity index is 1.35. The smallest absolute Gasteiger partial charge is 0.314 e. The van der Waals surface area contributed by atoms with Gasteiger partial charge in [-0.05, 0) is 75.2 Å². The molecule has 5 rings (SSSR count). The Bertz CT molecular complexity index is 1690. The average molecular weight is 655 g/mol. The molecule has 2 aliphatic heterocycles. The lowest BCUT2D eigenvalue weighted by molar-refractivity contribution is -0.144. The van der Waals surface area contributed by atoms with Crippen LogP contribution in [-0.4, -0.2) is 42.6 Å². The van der Waals surface area contributed by atoms with Crippen molar-refractivity contribution in [1.82, 2.24) is 0 Å². The van der Waals surface area contributed by atoms with Crippen LogP contribution in [0, 0.1) is 5.92 Å². The van der Waals surface area contributed by atoms with Gasteiger partial charge in [0, 0.05) is 37.1 Å². The fourth-order valence-electron chi connectivity index (χ4n) is 6.04. The van der Waals surface area contributed by atoms with E-state index in [0.717, 1.165) is 28.9 Å². The van der Waals surface area contributed by atoms with Crippen molar-refractivity contribution in [3.8, 4) is 0 Å². The summed E-state index contributed by atoms with van der Waals surface area (Å²) in [5.74, 6) is -1.44. The quantitative estimate of drug-likeness (QED) is 0.107. The van der Waals surface area contributed by atoms with Crippen molar-refractivity contribution < 1.29 is 37.7 Å². The van der Waals surface area contributed by atoms with Gasteiger partial charge in [0.1, 0.15) is 6.04 Å². The minimum atomic E-state index is -4.63. The first kappa shape index (κ1) is 32.8. The first-order chi connectivity index (χ1) is 21.4. The number of likely N-dealkylation sites (N-methyl/N-ethyl adjacent to an activating group) is 1. The van der Waals surface area contributed by atoms with E-state index in [9.17, 15) is 27.7 Å². The molecule has 0 spiro atoms. The number of rotatable bonds is 10. The molecule has 3 unspecified atom stereocenters. The SMILES string of the molecule is CPP(=O)(OO)C(F)(F)c1ccc(/C(C)=C/C(=O)CC2CCc3cccc4c3N(C2=O)[C@H](C(=O)N(C)c2ccccc2)C4)cc1. The highest BCUT2D eigenvalue weighted by molar-refractivity contribution is 8.22. The highest BCUT2D eigenvalue weighted by atomic mass is 32.1.